The van der Waals surface area contributed by atoms with Crippen molar-refractivity contribution in [3.8, 4) is 0 Å². The molecule has 0 aliphatic heterocycles. The Morgan fingerprint density at radius 3 is 2.08 bits per heavy atom. The molecule has 0 aromatic heterocycles. The van der Waals surface area contributed by atoms with E-state index in [-0.39, 0.29) is 25.2 Å². The molecule has 2 N–H and O–H groups in total. The number of carbonyl (C=O) groups excluding carboxylic acids is 1. The molecule has 26 heavy (non-hydrogen) atoms. The monoisotopic (exact) mass is 370 g/mol. The van der Waals surface area contributed by atoms with Crippen LogP contribution in [0.3, 0.4) is 0 Å². The molecule has 0 bridgehead atoms. The van der Waals surface area contributed by atoms with Gasteiger partial charge in [0.15, 0.2) is 6.10 Å². The van der Waals surface area contributed by atoms with Crippen LogP contribution in [0, 0.1) is 0 Å². The van der Waals surface area contributed by atoms with E-state index in [1.165, 1.54) is 0 Å². The summed E-state index contributed by atoms with van der Waals surface area (Å²) in [5.74, 6) is -2.15. The van der Waals surface area contributed by atoms with Crippen LogP contribution in [0.1, 0.15) is 44.9 Å². The number of hydrogen-bond donors (Lipinski definition) is 2. The maximum absolute atomic E-state index is 11.9. The number of hydrogen-bond acceptors (Lipinski definition) is 4. The number of nitrogens with zero attached hydrogens (tertiary/aromatic N) is 1. The van der Waals surface area contributed by atoms with Crippen LogP contribution in [0.4, 0.5) is 0 Å². The highest BCUT2D eigenvalue weighted by molar-refractivity contribution is 5.71. The fraction of sp³-hybridized carbons (Fsp3) is 0.632. The first-order valence-electron chi connectivity index (χ1n) is 8.83. The molecule has 148 valence electrons. The topological polar surface area (TPSA) is 101 Å². The maximum atomic E-state index is 11.9. The number of carboxylic acid groups (broad SMARTS) is 2. The average Bonchev–Trinajstić information content (AvgIpc) is 2.46. The summed E-state index contributed by atoms with van der Waals surface area (Å²) in [6.07, 6.45) is 9.91. The second-order valence-electron chi connectivity index (χ2n) is 7.19. The Balaban J connectivity index is 3.99. The smallest absolute Gasteiger partial charge is 0.307 e. The SMILES string of the molecule is C[N+](C)(C)CC(CC(=O)O)OC(=O)CCC/C=C/C/C=C/CCC(=O)O. The summed E-state index contributed by atoms with van der Waals surface area (Å²) in [6.45, 7) is 0.451. The molecule has 0 aromatic rings. The van der Waals surface area contributed by atoms with Gasteiger partial charge in [-0.25, -0.2) is 0 Å². The number of aliphatic carboxylic acids is 2. The van der Waals surface area contributed by atoms with E-state index in [1.54, 1.807) is 0 Å². The van der Waals surface area contributed by atoms with Gasteiger partial charge in [-0.15, -0.1) is 0 Å². The Labute approximate surface area is 155 Å². The van der Waals surface area contributed by atoms with E-state index in [0.29, 0.717) is 23.9 Å². The number of esters is 1. The Hall–Kier alpha value is -2.15. The zero-order valence-corrected chi connectivity index (χ0v) is 16.0. The van der Waals surface area contributed by atoms with Crippen LogP contribution in [-0.2, 0) is 19.1 Å². The van der Waals surface area contributed by atoms with Crippen LogP contribution in [0.5, 0.6) is 0 Å². The predicted molar refractivity (Wildman–Crippen MR) is 98.7 cm³/mol. The second kappa shape index (κ2) is 13.1. The van der Waals surface area contributed by atoms with Crippen molar-refractivity contribution in [3.05, 3.63) is 24.3 Å². The molecule has 1 unspecified atom stereocenters. The molecule has 0 radical (unpaired) electrons. The Bertz CT molecular complexity index is 505. The largest absolute Gasteiger partial charge is 0.481 e. The minimum absolute atomic E-state index is 0.138. The summed E-state index contributed by atoms with van der Waals surface area (Å²) in [6, 6.07) is 0. The number of carboxylic acids is 2. The summed E-state index contributed by atoms with van der Waals surface area (Å²) in [7, 11) is 5.76. The van der Waals surface area contributed by atoms with E-state index in [1.807, 2.05) is 45.4 Å². The van der Waals surface area contributed by atoms with Crippen LogP contribution in [0.25, 0.3) is 0 Å². The lowest BCUT2D eigenvalue weighted by Gasteiger charge is -2.28. The zero-order chi connectivity index (χ0) is 20.0. The quantitative estimate of drug-likeness (QED) is 0.211. The lowest BCUT2D eigenvalue weighted by Crippen LogP contribution is -2.43. The molecule has 7 nitrogen and oxygen atoms in total. The summed E-state index contributed by atoms with van der Waals surface area (Å²) < 4.78 is 5.83. The molecule has 0 aliphatic carbocycles. The Morgan fingerprint density at radius 1 is 0.923 bits per heavy atom. The first-order valence-corrected chi connectivity index (χ1v) is 8.83. The minimum Gasteiger partial charge on any atom is -0.481 e. The van der Waals surface area contributed by atoms with E-state index in [9.17, 15) is 14.4 Å². The Kier molecular flexibility index (Phi) is 12.0. The summed E-state index contributed by atoms with van der Waals surface area (Å²) >= 11 is 0. The van der Waals surface area contributed by atoms with Crippen LogP contribution in [0.2, 0.25) is 0 Å². The van der Waals surface area contributed by atoms with Gasteiger partial charge in [0.2, 0.25) is 0 Å². The molecule has 7 heteroatoms. The molecule has 0 rings (SSSR count). The van der Waals surface area contributed by atoms with Crippen molar-refractivity contribution in [2.45, 2.75) is 51.0 Å². The van der Waals surface area contributed by atoms with Crippen LogP contribution in [0.15, 0.2) is 24.3 Å². The van der Waals surface area contributed by atoms with Crippen molar-refractivity contribution in [2.24, 2.45) is 0 Å². The van der Waals surface area contributed by atoms with Crippen molar-refractivity contribution in [1.29, 1.82) is 0 Å². The molecule has 0 saturated carbocycles. The van der Waals surface area contributed by atoms with Gasteiger partial charge in [-0.05, 0) is 25.7 Å². The summed E-state index contributed by atoms with van der Waals surface area (Å²) in [5.41, 5.74) is 0. The van der Waals surface area contributed by atoms with Gasteiger partial charge in [-0.3, -0.25) is 14.4 Å². The zero-order valence-electron chi connectivity index (χ0n) is 16.0. The number of carbonyl (C=O) groups is 3. The van der Waals surface area contributed by atoms with Gasteiger partial charge in [0, 0.05) is 12.8 Å². The molecule has 0 spiro atoms. The minimum atomic E-state index is -0.976. The van der Waals surface area contributed by atoms with Gasteiger partial charge >= 0.3 is 17.9 Å². The molecule has 0 saturated heterocycles. The number of unbranched alkanes of at least 4 members (excludes halogenated alkanes) is 1. The van der Waals surface area contributed by atoms with Crippen LogP contribution in [-0.4, -0.2) is 66.4 Å². The third-order valence-corrected chi connectivity index (χ3v) is 3.33. The molecular formula is C19H32NO6+. The summed E-state index contributed by atoms with van der Waals surface area (Å²) in [4.78, 5) is 33.1. The highest BCUT2D eigenvalue weighted by atomic mass is 16.5. The van der Waals surface area contributed by atoms with Gasteiger partial charge in [-0.1, -0.05) is 24.3 Å². The number of rotatable bonds is 14. The van der Waals surface area contributed by atoms with Gasteiger partial charge < -0.3 is 19.4 Å². The normalized spacial score (nSPS) is 13.2. The van der Waals surface area contributed by atoms with Crippen molar-refractivity contribution >= 4 is 17.9 Å². The van der Waals surface area contributed by atoms with Crippen molar-refractivity contribution in [2.75, 3.05) is 27.7 Å². The lowest BCUT2D eigenvalue weighted by molar-refractivity contribution is -0.873. The standard InChI is InChI=1S/C19H31NO6/c1-20(2,3)15-16(14-18(23)24)26-19(25)13-11-9-7-5-4-6-8-10-12-17(21)22/h5-8,16H,4,9-15H2,1-3H3,(H-,21,22,23,24)/p+1/b7-5+,8-6+. The molecule has 0 heterocycles. The highest BCUT2D eigenvalue weighted by Gasteiger charge is 2.24. The van der Waals surface area contributed by atoms with Crippen LogP contribution >= 0.6 is 0 Å². The van der Waals surface area contributed by atoms with E-state index in [2.05, 4.69) is 0 Å². The van der Waals surface area contributed by atoms with Crippen molar-refractivity contribution < 1.29 is 33.8 Å². The molecule has 0 fully saturated rings. The predicted octanol–water partition coefficient (Wildman–Crippen LogP) is 2.62. The first-order chi connectivity index (χ1) is 12.1. The van der Waals surface area contributed by atoms with Gasteiger partial charge in [-0.2, -0.15) is 0 Å². The van der Waals surface area contributed by atoms with Crippen molar-refractivity contribution in [1.82, 2.24) is 0 Å². The molecule has 0 amide bonds. The molecule has 0 aromatic carbocycles. The van der Waals surface area contributed by atoms with E-state index in [4.69, 9.17) is 14.9 Å². The van der Waals surface area contributed by atoms with E-state index < -0.39 is 18.0 Å². The van der Waals surface area contributed by atoms with E-state index >= 15 is 0 Å². The molecular weight excluding hydrogens is 338 g/mol. The maximum Gasteiger partial charge on any atom is 0.307 e. The number of allylic oxidation sites excluding steroid dienone is 4. The molecule has 1 atom stereocenters. The molecule has 0 aliphatic rings. The number of quaternary nitrogens is 1. The summed E-state index contributed by atoms with van der Waals surface area (Å²) in [5, 5.41) is 17.4. The fourth-order valence-electron chi connectivity index (χ4n) is 2.27. The third kappa shape index (κ3) is 16.7. The van der Waals surface area contributed by atoms with Gasteiger partial charge in [0.25, 0.3) is 0 Å². The van der Waals surface area contributed by atoms with Crippen molar-refractivity contribution in [3.63, 3.8) is 0 Å². The highest BCUT2D eigenvalue weighted by Crippen LogP contribution is 2.08. The number of ether oxygens (including phenoxy) is 1. The lowest BCUT2D eigenvalue weighted by atomic mass is 10.2. The van der Waals surface area contributed by atoms with Gasteiger partial charge in [0.05, 0.1) is 27.6 Å². The van der Waals surface area contributed by atoms with Crippen LogP contribution < -0.4 is 0 Å². The first kappa shape index (κ1) is 23.9. The fourth-order valence-corrected chi connectivity index (χ4v) is 2.27. The second-order valence-corrected chi connectivity index (χ2v) is 7.19. The Morgan fingerprint density at radius 2 is 1.54 bits per heavy atom. The van der Waals surface area contributed by atoms with Gasteiger partial charge in [0.1, 0.15) is 6.54 Å². The van der Waals surface area contributed by atoms with E-state index in [0.717, 1.165) is 12.8 Å². The average molecular weight is 370 g/mol. The number of likely N-dealkylation sites (N-methyl/N-ethyl adjacent to an activating group) is 1. The third-order valence-electron chi connectivity index (χ3n) is 3.33.